The van der Waals surface area contributed by atoms with Gasteiger partial charge in [-0.05, 0) is 31.7 Å². The number of ether oxygens (including phenoxy) is 1. The molecule has 0 aromatic heterocycles. The molecular formula is C14H27NO2. The van der Waals surface area contributed by atoms with E-state index < -0.39 is 0 Å². The first-order valence-corrected chi connectivity index (χ1v) is 6.78. The second-order valence-corrected chi connectivity index (χ2v) is 7.15. The Morgan fingerprint density at radius 2 is 1.94 bits per heavy atom. The zero-order valence-electron chi connectivity index (χ0n) is 11.7. The third-order valence-electron chi connectivity index (χ3n) is 4.58. The molecule has 1 saturated heterocycles. The lowest BCUT2D eigenvalue weighted by Gasteiger charge is -2.49. The average molecular weight is 241 g/mol. The van der Waals surface area contributed by atoms with Crippen molar-refractivity contribution in [3.05, 3.63) is 0 Å². The van der Waals surface area contributed by atoms with Crippen molar-refractivity contribution in [2.24, 2.45) is 10.8 Å². The van der Waals surface area contributed by atoms with Crippen molar-refractivity contribution in [3.63, 3.8) is 0 Å². The summed E-state index contributed by atoms with van der Waals surface area (Å²) in [5.74, 6) is 0. The summed E-state index contributed by atoms with van der Waals surface area (Å²) in [7, 11) is 2.20. The van der Waals surface area contributed by atoms with Crippen molar-refractivity contribution in [2.75, 3.05) is 26.8 Å². The molecule has 0 amide bonds. The molecule has 3 nitrogen and oxygen atoms in total. The second-order valence-electron chi connectivity index (χ2n) is 7.15. The highest BCUT2D eigenvalue weighted by Crippen LogP contribution is 2.40. The fraction of sp³-hybridized carbons (Fsp3) is 1.00. The van der Waals surface area contributed by atoms with Crippen LogP contribution in [0.4, 0.5) is 0 Å². The molecule has 1 saturated carbocycles. The summed E-state index contributed by atoms with van der Waals surface area (Å²) in [6, 6.07) is 0.490. The normalized spacial score (nSPS) is 35.6. The second kappa shape index (κ2) is 4.52. The maximum absolute atomic E-state index is 9.88. The number of hydrogen-bond donors (Lipinski definition) is 1. The maximum atomic E-state index is 9.88. The SMILES string of the molecule is CN(CC1(C)COC1)C1CC(O)CCC1(C)C. The Balaban J connectivity index is 1.98. The number of nitrogens with zero attached hydrogens (tertiary/aromatic N) is 1. The van der Waals surface area contributed by atoms with Crippen LogP contribution in [-0.4, -0.2) is 49.0 Å². The molecule has 0 aromatic rings. The first-order chi connectivity index (χ1) is 7.82. The summed E-state index contributed by atoms with van der Waals surface area (Å²) in [6.07, 6.45) is 2.88. The van der Waals surface area contributed by atoms with Gasteiger partial charge in [0.15, 0.2) is 0 Å². The molecule has 2 unspecified atom stereocenters. The quantitative estimate of drug-likeness (QED) is 0.819. The lowest BCUT2D eigenvalue weighted by Crippen LogP contribution is -2.55. The van der Waals surface area contributed by atoms with Gasteiger partial charge in [-0.2, -0.15) is 0 Å². The zero-order valence-corrected chi connectivity index (χ0v) is 11.7. The Bertz CT molecular complexity index is 273. The average Bonchev–Trinajstić information content (AvgIpc) is 2.19. The molecule has 100 valence electrons. The third-order valence-corrected chi connectivity index (χ3v) is 4.58. The summed E-state index contributed by atoms with van der Waals surface area (Å²) < 4.78 is 5.32. The van der Waals surface area contributed by atoms with E-state index >= 15 is 0 Å². The van der Waals surface area contributed by atoms with E-state index in [0.29, 0.717) is 16.9 Å². The predicted octanol–water partition coefficient (Wildman–Crippen LogP) is 1.89. The summed E-state index contributed by atoms with van der Waals surface area (Å²) in [6.45, 7) is 9.80. The smallest absolute Gasteiger partial charge is 0.0555 e. The molecule has 0 spiro atoms. The van der Waals surface area contributed by atoms with Crippen molar-refractivity contribution in [1.82, 2.24) is 4.90 Å². The van der Waals surface area contributed by atoms with Crippen LogP contribution < -0.4 is 0 Å². The Labute approximate surface area is 105 Å². The molecule has 0 radical (unpaired) electrons. The van der Waals surface area contributed by atoms with Gasteiger partial charge >= 0.3 is 0 Å². The summed E-state index contributed by atoms with van der Waals surface area (Å²) >= 11 is 0. The number of hydrogen-bond acceptors (Lipinski definition) is 3. The molecule has 2 rings (SSSR count). The van der Waals surface area contributed by atoms with Gasteiger partial charge in [0.1, 0.15) is 0 Å². The highest BCUT2D eigenvalue weighted by Gasteiger charge is 2.42. The van der Waals surface area contributed by atoms with Crippen molar-refractivity contribution in [2.45, 2.75) is 52.2 Å². The van der Waals surface area contributed by atoms with Crippen molar-refractivity contribution in [1.29, 1.82) is 0 Å². The van der Waals surface area contributed by atoms with E-state index in [1.165, 1.54) is 0 Å². The van der Waals surface area contributed by atoms with Gasteiger partial charge in [0.2, 0.25) is 0 Å². The third kappa shape index (κ3) is 2.83. The van der Waals surface area contributed by atoms with E-state index in [-0.39, 0.29) is 6.10 Å². The minimum absolute atomic E-state index is 0.110. The van der Waals surface area contributed by atoms with Crippen LogP contribution in [0.5, 0.6) is 0 Å². The molecule has 2 fully saturated rings. The molecule has 3 heteroatoms. The molecule has 17 heavy (non-hydrogen) atoms. The fourth-order valence-corrected chi connectivity index (χ4v) is 3.43. The Morgan fingerprint density at radius 3 is 2.47 bits per heavy atom. The van der Waals surface area contributed by atoms with Gasteiger partial charge in [-0.15, -0.1) is 0 Å². The van der Waals surface area contributed by atoms with Gasteiger partial charge < -0.3 is 14.7 Å². The standard InChI is InChI=1S/C14H27NO2/c1-13(2)6-5-11(16)7-12(13)15(4)8-14(3)9-17-10-14/h11-12,16H,5-10H2,1-4H3. The van der Waals surface area contributed by atoms with Gasteiger partial charge in [0.05, 0.1) is 19.3 Å². The van der Waals surface area contributed by atoms with Crippen LogP contribution in [0.1, 0.15) is 40.0 Å². The van der Waals surface area contributed by atoms with E-state index in [9.17, 15) is 5.11 Å². The summed E-state index contributed by atoms with van der Waals surface area (Å²) in [4.78, 5) is 2.45. The van der Waals surface area contributed by atoms with E-state index in [1.54, 1.807) is 0 Å². The minimum atomic E-state index is -0.110. The van der Waals surface area contributed by atoms with Gasteiger partial charge in [0, 0.05) is 18.0 Å². The molecule has 1 aliphatic carbocycles. The first-order valence-electron chi connectivity index (χ1n) is 6.78. The zero-order chi connectivity index (χ0) is 12.7. The monoisotopic (exact) mass is 241 g/mol. The van der Waals surface area contributed by atoms with E-state index in [2.05, 4.69) is 32.7 Å². The van der Waals surface area contributed by atoms with Crippen molar-refractivity contribution in [3.8, 4) is 0 Å². The van der Waals surface area contributed by atoms with Crippen molar-refractivity contribution >= 4 is 0 Å². The number of rotatable bonds is 3. The minimum Gasteiger partial charge on any atom is -0.393 e. The molecule has 2 atom stereocenters. The molecule has 2 aliphatic rings. The molecule has 1 N–H and O–H groups in total. The molecule has 1 aliphatic heterocycles. The number of aliphatic hydroxyl groups is 1. The van der Waals surface area contributed by atoms with Gasteiger partial charge in [0.25, 0.3) is 0 Å². The summed E-state index contributed by atoms with van der Waals surface area (Å²) in [5.41, 5.74) is 0.641. The maximum Gasteiger partial charge on any atom is 0.0555 e. The number of aliphatic hydroxyl groups excluding tert-OH is 1. The Hall–Kier alpha value is -0.120. The Morgan fingerprint density at radius 1 is 1.29 bits per heavy atom. The highest BCUT2D eigenvalue weighted by molar-refractivity contribution is 4.94. The lowest BCUT2D eigenvalue weighted by molar-refractivity contribution is -0.125. The molecule has 1 heterocycles. The van der Waals surface area contributed by atoms with E-state index in [0.717, 1.165) is 39.0 Å². The van der Waals surface area contributed by atoms with Crippen LogP contribution in [-0.2, 0) is 4.74 Å². The van der Waals surface area contributed by atoms with Crippen LogP contribution in [0.15, 0.2) is 0 Å². The van der Waals surface area contributed by atoms with Gasteiger partial charge in [-0.3, -0.25) is 0 Å². The van der Waals surface area contributed by atoms with E-state index in [1.807, 2.05) is 0 Å². The topological polar surface area (TPSA) is 32.7 Å². The highest BCUT2D eigenvalue weighted by atomic mass is 16.5. The van der Waals surface area contributed by atoms with Crippen LogP contribution in [0.25, 0.3) is 0 Å². The Kier molecular flexibility index (Phi) is 3.54. The largest absolute Gasteiger partial charge is 0.393 e. The van der Waals surface area contributed by atoms with Crippen molar-refractivity contribution < 1.29 is 9.84 Å². The molecular weight excluding hydrogens is 214 g/mol. The first kappa shape index (κ1) is 13.3. The van der Waals surface area contributed by atoms with Crippen LogP contribution >= 0.6 is 0 Å². The fourth-order valence-electron chi connectivity index (χ4n) is 3.43. The van der Waals surface area contributed by atoms with Crippen LogP contribution in [0.3, 0.4) is 0 Å². The predicted molar refractivity (Wildman–Crippen MR) is 69.0 cm³/mol. The summed E-state index contributed by atoms with van der Waals surface area (Å²) in [5, 5.41) is 9.88. The van der Waals surface area contributed by atoms with Crippen LogP contribution in [0, 0.1) is 10.8 Å². The van der Waals surface area contributed by atoms with Gasteiger partial charge in [-0.1, -0.05) is 20.8 Å². The van der Waals surface area contributed by atoms with Crippen LogP contribution in [0.2, 0.25) is 0 Å². The molecule has 0 bridgehead atoms. The van der Waals surface area contributed by atoms with E-state index in [4.69, 9.17) is 4.74 Å². The molecule has 0 aromatic carbocycles. The van der Waals surface area contributed by atoms with Gasteiger partial charge in [-0.25, -0.2) is 0 Å². The lowest BCUT2D eigenvalue weighted by atomic mass is 9.71.